The molecule has 5 heteroatoms. The smallest absolute Gasteiger partial charge is 0.315 e. The van der Waals surface area contributed by atoms with Crippen LogP contribution in [0, 0.1) is 0 Å². The summed E-state index contributed by atoms with van der Waals surface area (Å²) in [6, 6.07) is 17.0. The first-order chi connectivity index (χ1) is 11.6. The molecule has 0 radical (unpaired) electrons. The molecule has 0 amide bonds. The molecule has 24 heavy (non-hydrogen) atoms. The number of benzene rings is 2. The van der Waals surface area contributed by atoms with E-state index in [4.69, 9.17) is 0 Å². The SMILES string of the molecule is CC1=Nc2ccccc2C1=Cc1sc(=O)n(-c2ccccc2)c1O. The van der Waals surface area contributed by atoms with Gasteiger partial charge in [-0.1, -0.05) is 47.7 Å². The first kappa shape index (κ1) is 14.7. The molecule has 0 aliphatic carbocycles. The van der Waals surface area contributed by atoms with Crippen molar-refractivity contribution in [1.29, 1.82) is 0 Å². The van der Waals surface area contributed by atoms with Crippen LogP contribution >= 0.6 is 11.3 Å². The van der Waals surface area contributed by atoms with Crippen LogP contribution in [0.25, 0.3) is 17.3 Å². The van der Waals surface area contributed by atoms with Crippen LogP contribution in [0.1, 0.15) is 17.4 Å². The molecule has 3 aromatic rings. The van der Waals surface area contributed by atoms with Crippen molar-refractivity contribution in [3.05, 3.63) is 74.7 Å². The third-order valence-electron chi connectivity index (χ3n) is 3.97. The minimum absolute atomic E-state index is 0.0409. The van der Waals surface area contributed by atoms with E-state index in [1.165, 1.54) is 4.57 Å². The van der Waals surface area contributed by atoms with Crippen LogP contribution in [-0.4, -0.2) is 15.4 Å². The molecule has 0 saturated heterocycles. The predicted octanol–water partition coefficient (Wildman–Crippen LogP) is 4.25. The van der Waals surface area contributed by atoms with E-state index in [0.29, 0.717) is 10.6 Å². The summed E-state index contributed by atoms with van der Waals surface area (Å²) in [5.74, 6) is -0.0409. The summed E-state index contributed by atoms with van der Waals surface area (Å²) in [7, 11) is 0. The lowest BCUT2D eigenvalue weighted by Gasteiger charge is -2.03. The van der Waals surface area contributed by atoms with E-state index in [-0.39, 0.29) is 10.8 Å². The van der Waals surface area contributed by atoms with Gasteiger partial charge in [0, 0.05) is 16.8 Å². The topological polar surface area (TPSA) is 54.6 Å². The molecule has 0 spiro atoms. The van der Waals surface area contributed by atoms with Gasteiger partial charge in [-0.2, -0.15) is 0 Å². The van der Waals surface area contributed by atoms with Crippen molar-refractivity contribution in [3.63, 3.8) is 0 Å². The van der Waals surface area contributed by atoms with Crippen LogP contribution in [-0.2, 0) is 0 Å². The summed E-state index contributed by atoms with van der Waals surface area (Å²) in [6.45, 7) is 1.93. The van der Waals surface area contributed by atoms with Crippen molar-refractivity contribution in [2.75, 3.05) is 0 Å². The van der Waals surface area contributed by atoms with E-state index in [9.17, 15) is 9.90 Å². The maximum absolute atomic E-state index is 12.3. The monoisotopic (exact) mass is 334 g/mol. The fraction of sp³-hybridized carbons (Fsp3) is 0.0526. The molecule has 4 rings (SSSR count). The van der Waals surface area contributed by atoms with E-state index < -0.39 is 0 Å². The van der Waals surface area contributed by atoms with Gasteiger partial charge in [-0.15, -0.1) is 0 Å². The van der Waals surface area contributed by atoms with Gasteiger partial charge in [0.2, 0.25) is 5.88 Å². The molecule has 2 aromatic carbocycles. The average molecular weight is 334 g/mol. The van der Waals surface area contributed by atoms with Crippen molar-refractivity contribution < 1.29 is 5.11 Å². The summed E-state index contributed by atoms with van der Waals surface area (Å²) < 4.78 is 1.32. The van der Waals surface area contributed by atoms with Crippen LogP contribution in [0.5, 0.6) is 5.88 Å². The van der Waals surface area contributed by atoms with Crippen LogP contribution in [0.15, 0.2) is 64.4 Å². The van der Waals surface area contributed by atoms with Crippen LogP contribution in [0.4, 0.5) is 5.69 Å². The lowest BCUT2D eigenvalue weighted by molar-refractivity contribution is 0.440. The molecule has 118 valence electrons. The molecule has 0 bridgehead atoms. The van der Waals surface area contributed by atoms with Gasteiger partial charge < -0.3 is 5.11 Å². The van der Waals surface area contributed by atoms with Crippen molar-refractivity contribution >= 4 is 34.4 Å². The van der Waals surface area contributed by atoms with E-state index in [0.717, 1.165) is 33.9 Å². The van der Waals surface area contributed by atoms with Crippen molar-refractivity contribution in [2.45, 2.75) is 6.92 Å². The summed E-state index contributed by atoms with van der Waals surface area (Å²) in [5.41, 5.74) is 4.39. The zero-order valence-electron chi connectivity index (χ0n) is 12.9. The van der Waals surface area contributed by atoms with Gasteiger partial charge in [0.15, 0.2) is 0 Å². The number of hydrogen-bond donors (Lipinski definition) is 1. The molecule has 0 atom stereocenters. The minimum atomic E-state index is -0.216. The highest BCUT2D eigenvalue weighted by molar-refractivity contribution is 7.10. The Labute approximate surface area is 142 Å². The van der Waals surface area contributed by atoms with Gasteiger partial charge in [0.05, 0.1) is 16.3 Å². The molecule has 0 unspecified atom stereocenters. The predicted molar refractivity (Wildman–Crippen MR) is 98.7 cm³/mol. The summed E-state index contributed by atoms with van der Waals surface area (Å²) >= 11 is 1.03. The normalized spacial score (nSPS) is 14.7. The molecular formula is C19H14N2O2S. The Bertz CT molecular complexity index is 1040. The molecule has 1 N–H and O–H groups in total. The first-order valence-electron chi connectivity index (χ1n) is 7.52. The second-order valence-electron chi connectivity index (χ2n) is 5.50. The largest absolute Gasteiger partial charge is 0.493 e. The van der Waals surface area contributed by atoms with Crippen molar-refractivity contribution in [1.82, 2.24) is 4.57 Å². The quantitative estimate of drug-likeness (QED) is 0.761. The van der Waals surface area contributed by atoms with Gasteiger partial charge in [-0.3, -0.25) is 9.79 Å². The molecule has 0 fully saturated rings. The molecule has 0 saturated carbocycles. The summed E-state index contributed by atoms with van der Waals surface area (Å²) in [4.78, 5) is 17.2. The zero-order chi connectivity index (χ0) is 16.7. The fourth-order valence-electron chi connectivity index (χ4n) is 2.83. The number of fused-ring (bicyclic) bond motifs is 1. The lowest BCUT2D eigenvalue weighted by Crippen LogP contribution is -2.09. The third kappa shape index (κ3) is 2.30. The number of hydrogen-bond acceptors (Lipinski definition) is 4. The molecule has 1 aliphatic rings. The Morgan fingerprint density at radius 1 is 1.08 bits per heavy atom. The Morgan fingerprint density at radius 3 is 2.58 bits per heavy atom. The van der Waals surface area contributed by atoms with Crippen molar-refractivity contribution in [3.8, 4) is 11.6 Å². The lowest BCUT2D eigenvalue weighted by atomic mass is 10.0. The second kappa shape index (κ2) is 5.62. The molecule has 1 aromatic heterocycles. The van der Waals surface area contributed by atoms with Crippen LogP contribution in [0.3, 0.4) is 0 Å². The number of nitrogens with zero attached hydrogens (tertiary/aromatic N) is 2. The minimum Gasteiger partial charge on any atom is -0.493 e. The number of allylic oxidation sites excluding steroid dienone is 1. The van der Waals surface area contributed by atoms with Crippen LogP contribution < -0.4 is 4.87 Å². The highest BCUT2D eigenvalue weighted by Crippen LogP contribution is 2.37. The fourth-order valence-corrected chi connectivity index (χ4v) is 3.66. The second-order valence-corrected chi connectivity index (χ2v) is 6.49. The Morgan fingerprint density at radius 2 is 1.79 bits per heavy atom. The van der Waals surface area contributed by atoms with Crippen molar-refractivity contribution in [2.24, 2.45) is 4.99 Å². The highest BCUT2D eigenvalue weighted by Gasteiger charge is 2.20. The summed E-state index contributed by atoms with van der Waals surface area (Å²) in [6.07, 6.45) is 1.84. The van der Waals surface area contributed by atoms with Gasteiger partial charge in [0.1, 0.15) is 0 Å². The zero-order valence-corrected chi connectivity index (χ0v) is 13.7. The highest BCUT2D eigenvalue weighted by atomic mass is 32.1. The number of aromatic hydroxyl groups is 1. The molecular weight excluding hydrogens is 320 g/mol. The number of aliphatic imine (C=N–C) groups is 1. The Kier molecular flexibility index (Phi) is 3.43. The van der Waals surface area contributed by atoms with Gasteiger partial charge in [0.25, 0.3) is 0 Å². The van der Waals surface area contributed by atoms with E-state index in [1.807, 2.05) is 55.5 Å². The Balaban J connectivity index is 1.86. The number of thiazole rings is 1. The maximum Gasteiger partial charge on any atom is 0.315 e. The van der Waals surface area contributed by atoms with E-state index >= 15 is 0 Å². The first-order valence-corrected chi connectivity index (χ1v) is 8.34. The molecule has 1 aliphatic heterocycles. The number of aromatic nitrogens is 1. The number of para-hydroxylation sites is 2. The standard InChI is InChI=1S/C19H14N2O2S/c1-12-15(14-9-5-6-10-16(14)20-12)11-17-18(22)21(19(23)24-17)13-7-3-2-4-8-13/h2-11,22H,1H3. The van der Waals surface area contributed by atoms with Gasteiger partial charge in [-0.25, -0.2) is 4.57 Å². The third-order valence-corrected chi connectivity index (χ3v) is 4.85. The van der Waals surface area contributed by atoms with E-state index in [2.05, 4.69) is 4.99 Å². The van der Waals surface area contributed by atoms with Gasteiger partial charge >= 0.3 is 4.87 Å². The van der Waals surface area contributed by atoms with Crippen LogP contribution in [0.2, 0.25) is 0 Å². The molecule has 2 heterocycles. The summed E-state index contributed by atoms with van der Waals surface area (Å²) in [5, 5.41) is 10.5. The Hall–Kier alpha value is -2.92. The maximum atomic E-state index is 12.3. The average Bonchev–Trinajstić information content (AvgIpc) is 3.05. The van der Waals surface area contributed by atoms with Gasteiger partial charge in [-0.05, 0) is 31.2 Å². The molecule has 4 nitrogen and oxygen atoms in total. The number of rotatable bonds is 2. The van der Waals surface area contributed by atoms with E-state index in [1.54, 1.807) is 12.1 Å².